The molecule has 0 radical (unpaired) electrons. The van der Waals surface area contributed by atoms with E-state index in [1.165, 1.54) is 5.56 Å². The molecule has 15 heavy (non-hydrogen) atoms. The van der Waals surface area contributed by atoms with Crippen LogP contribution < -0.4 is 4.74 Å². The quantitative estimate of drug-likeness (QED) is 0.768. The molecular weight excluding hydrogens is 212 g/mol. The Hall–Kier alpha value is -1.03. The predicted octanol–water partition coefficient (Wildman–Crippen LogP) is 1.56. The highest BCUT2D eigenvalue weighted by Gasteiger charge is 2.29. The normalized spacial score (nSPS) is 23.9. The van der Waals surface area contributed by atoms with Gasteiger partial charge in [0.05, 0.1) is 11.5 Å². The maximum Gasteiger partial charge on any atom is 0.154 e. The van der Waals surface area contributed by atoms with Crippen LogP contribution in [0.3, 0.4) is 0 Å². The van der Waals surface area contributed by atoms with Gasteiger partial charge in [0.15, 0.2) is 9.84 Å². The monoisotopic (exact) mass is 226 g/mol. The van der Waals surface area contributed by atoms with Gasteiger partial charge in [0.25, 0.3) is 0 Å². The Bertz CT molecular complexity index is 433. The van der Waals surface area contributed by atoms with Crippen molar-refractivity contribution in [3.8, 4) is 5.75 Å². The summed E-state index contributed by atoms with van der Waals surface area (Å²) in [5.74, 6) is 1.16. The molecule has 0 aromatic heterocycles. The molecular formula is C11H14O3S. The summed E-state index contributed by atoms with van der Waals surface area (Å²) in [6, 6.07) is 7.66. The van der Waals surface area contributed by atoms with Crippen molar-refractivity contribution in [2.24, 2.45) is 0 Å². The van der Waals surface area contributed by atoms with E-state index in [1.54, 1.807) is 0 Å². The van der Waals surface area contributed by atoms with Crippen molar-refractivity contribution in [3.05, 3.63) is 29.8 Å². The van der Waals surface area contributed by atoms with Crippen LogP contribution in [0.1, 0.15) is 12.0 Å². The Morgan fingerprint density at radius 1 is 1.27 bits per heavy atom. The van der Waals surface area contributed by atoms with E-state index >= 15 is 0 Å². The zero-order chi connectivity index (χ0) is 10.9. The van der Waals surface area contributed by atoms with Gasteiger partial charge >= 0.3 is 0 Å². The molecule has 0 unspecified atom stereocenters. The fourth-order valence-electron chi connectivity index (χ4n) is 1.66. The maximum atomic E-state index is 11.2. The number of aryl methyl sites for hydroxylation is 1. The average molecular weight is 226 g/mol. The molecule has 1 heterocycles. The summed E-state index contributed by atoms with van der Waals surface area (Å²) in [5, 5.41) is 0. The van der Waals surface area contributed by atoms with Crippen LogP contribution in [0.4, 0.5) is 0 Å². The van der Waals surface area contributed by atoms with E-state index in [-0.39, 0.29) is 17.6 Å². The van der Waals surface area contributed by atoms with Crippen LogP contribution in [-0.2, 0) is 9.84 Å². The fourth-order valence-corrected chi connectivity index (χ4v) is 3.25. The molecule has 1 aliphatic rings. The third kappa shape index (κ3) is 2.72. The van der Waals surface area contributed by atoms with Crippen LogP contribution in [0.5, 0.6) is 5.75 Å². The van der Waals surface area contributed by atoms with Gasteiger partial charge in [0.2, 0.25) is 0 Å². The van der Waals surface area contributed by atoms with Crippen molar-refractivity contribution in [3.63, 3.8) is 0 Å². The molecule has 0 amide bonds. The topological polar surface area (TPSA) is 43.4 Å². The van der Waals surface area contributed by atoms with E-state index in [0.717, 1.165) is 5.75 Å². The van der Waals surface area contributed by atoms with Crippen LogP contribution >= 0.6 is 0 Å². The van der Waals surface area contributed by atoms with Crippen LogP contribution in [-0.4, -0.2) is 26.0 Å². The van der Waals surface area contributed by atoms with E-state index in [0.29, 0.717) is 6.42 Å². The van der Waals surface area contributed by atoms with Crippen molar-refractivity contribution in [2.75, 3.05) is 11.5 Å². The van der Waals surface area contributed by atoms with Gasteiger partial charge in [-0.15, -0.1) is 0 Å². The number of benzene rings is 1. The minimum Gasteiger partial charge on any atom is -0.489 e. The Kier molecular flexibility index (Phi) is 2.69. The number of rotatable bonds is 2. The van der Waals surface area contributed by atoms with Crippen molar-refractivity contribution in [2.45, 2.75) is 19.4 Å². The highest BCUT2D eigenvalue weighted by molar-refractivity contribution is 7.91. The lowest BCUT2D eigenvalue weighted by Crippen LogP contribution is -2.17. The smallest absolute Gasteiger partial charge is 0.154 e. The third-order valence-electron chi connectivity index (χ3n) is 2.51. The predicted molar refractivity (Wildman–Crippen MR) is 58.9 cm³/mol. The molecule has 1 fully saturated rings. The minimum atomic E-state index is -2.85. The van der Waals surface area contributed by atoms with Crippen molar-refractivity contribution in [1.82, 2.24) is 0 Å². The fraction of sp³-hybridized carbons (Fsp3) is 0.455. The van der Waals surface area contributed by atoms with Gasteiger partial charge in [-0.05, 0) is 25.5 Å². The number of hydrogen-bond acceptors (Lipinski definition) is 3. The van der Waals surface area contributed by atoms with Gasteiger partial charge in [0.1, 0.15) is 11.9 Å². The Morgan fingerprint density at radius 3 is 2.47 bits per heavy atom. The SMILES string of the molecule is Cc1ccc(O[C@@H]2CCS(=O)(=O)C2)cc1. The second-order valence-electron chi connectivity index (χ2n) is 3.96. The highest BCUT2D eigenvalue weighted by atomic mass is 32.2. The second-order valence-corrected chi connectivity index (χ2v) is 6.18. The van der Waals surface area contributed by atoms with Gasteiger partial charge in [-0.3, -0.25) is 0 Å². The molecule has 82 valence electrons. The van der Waals surface area contributed by atoms with Gasteiger partial charge in [-0.1, -0.05) is 17.7 Å². The number of ether oxygens (including phenoxy) is 1. The molecule has 1 atom stereocenters. The van der Waals surface area contributed by atoms with Gasteiger partial charge in [0, 0.05) is 0 Å². The summed E-state index contributed by atoms with van der Waals surface area (Å²) in [5.41, 5.74) is 1.17. The molecule has 1 saturated heterocycles. The molecule has 0 spiro atoms. The molecule has 4 heteroatoms. The van der Waals surface area contributed by atoms with Gasteiger partial charge < -0.3 is 4.74 Å². The first-order valence-electron chi connectivity index (χ1n) is 4.99. The van der Waals surface area contributed by atoms with Crippen LogP contribution in [0.2, 0.25) is 0 Å². The summed E-state index contributed by atoms with van der Waals surface area (Å²) in [6.45, 7) is 2.00. The summed E-state index contributed by atoms with van der Waals surface area (Å²) < 4.78 is 28.0. The summed E-state index contributed by atoms with van der Waals surface area (Å²) >= 11 is 0. The number of sulfone groups is 1. The lowest BCUT2D eigenvalue weighted by Gasteiger charge is -2.11. The molecule has 0 aliphatic carbocycles. The molecule has 0 bridgehead atoms. The third-order valence-corrected chi connectivity index (χ3v) is 4.25. The summed E-state index contributed by atoms with van der Waals surface area (Å²) in [4.78, 5) is 0. The Balaban J connectivity index is 2.02. The number of hydrogen-bond donors (Lipinski definition) is 0. The van der Waals surface area contributed by atoms with E-state index in [9.17, 15) is 8.42 Å². The molecule has 1 aromatic carbocycles. The van der Waals surface area contributed by atoms with Gasteiger partial charge in [-0.25, -0.2) is 8.42 Å². The summed E-state index contributed by atoms with van der Waals surface area (Å²) in [7, 11) is -2.85. The molecule has 3 nitrogen and oxygen atoms in total. The Labute approximate surface area is 90.0 Å². The molecule has 1 aromatic rings. The van der Waals surface area contributed by atoms with Crippen molar-refractivity contribution in [1.29, 1.82) is 0 Å². The van der Waals surface area contributed by atoms with Crippen LogP contribution in [0.25, 0.3) is 0 Å². The Morgan fingerprint density at radius 2 is 1.93 bits per heavy atom. The zero-order valence-electron chi connectivity index (χ0n) is 8.64. The van der Waals surface area contributed by atoms with E-state index in [4.69, 9.17) is 4.74 Å². The first-order valence-corrected chi connectivity index (χ1v) is 6.81. The first kappa shape index (κ1) is 10.5. The van der Waals surface area contributed by atoms with E-state index < -0.39 is 9.84 Å². The molecule has 1 aliphatic heterocycles. The van der Waals surface area contributed by atoms with E-state index in [2.05, 4.69) is 0 Å². The van der Waals surface area contributed by atoms with Gasteiger partial charge in [-0.2, -0.15) is 0 Å². The summed E-state index contributed by atoms with van der Waals surface area (Å²) in [6.07, 6.45) is 0.439. The largest absolute Gasteiger partial charge is 0.489 e. The highest BCUT2D eigenvalue weighted by Crippen LogP contribution is 2.19. The van der Waals surface area contributed by atoms with Crippen LogP contribution in [0, 0.1) is 6.92 Å². The second kappa shape index (κ2) is 3.85. The standard InChI is InChI=1S/C11H14O3S/c1-9-2-4-10(5-3-9)14-11-6-7-15(12,13)8-11/h2-5,11H,6-8H2,1H3/t11-/m1/s1. The van der Waals surface area contributed by atoms with Crippen molar-refractivity contribution >= 4 is 9.84 Å². The molecule has 0 N–H and O–H groups in total. The average Bonchev–Trinajstić information content (AvgIpc) is 2.50. The first-order chi connectivity index (χ1) is 7.05. The van der Waals surface area contributed by atoms with Crippen molar-refractivity contribution < 1.29 is 13.2 Å². The van der Waals surface area contributed by atoms with E-state index in [1.807, 2.05) is 31.2 Å². The zero-order valence-corrected chi connectivity index (χ0v) is 9.46. The minimum absolute atomic E-state index is 0.154. The van der Waals surface area contributed by atoms with Crippen LogP contribution in [0.15, 0.2) is 24.3 Å². The lowest BCUT2D eigenvalue weighted by atomic mass is 10.2. The molecule has 2 rings (SSSR count). The lowest BCUT2D eigenvalue weighted by molar-refractivity contribution is 0.229. The molecule has 0 saturated carbocycles. The maximum absolute atomic E-state index is 11.2.